The predicted octanol–water partition coefficient (Wildman–Crippen LogP) is 4.36. The average Bonchev–Trinajstić information content (AvgIpc) is 3.42. The van der Waals surface area contributed by atoms with Crippen molar-refractivity contribution in [3.8, 4) is 0 Å². The molecule has 27 heavy (non-hydrogen) atoms. The van der Waals surface area contributed by atoms with Gasteiger partial charge in [-0.15, -0.1) is 0 Å². The van der Waals surface area contributed by atoms with Crippen molar-refractivity contribution in [2.75, 3.05) is 14.2 Å². The lowest BCUT2D eigenvalue weighted by Gasteiger charge is -2.48. The second kappa shape index (κ2) is 6.23. The van der Waals surface area contributed by atoms with Crippen LogP contribution in [0.1, 0.15) is 44.9 Å². The van der Waals surface area contributed by atoms with Crippen LogP contribution in [0.2, 0.25) is 0 Å². The van der Waals surface area contributed by atoms with Crippen molar-refractivity contribution in [3.05, 3.63) is 46.3 Å². The zero-order valence-electron chi connectivity index (χ0n) is 16.3. The van der Waals surface area contributed by atoms with Gasteiger partial charge in [0.25, 0.3) is 0 Å². The van der Waals surface area contributed by atoms with Gasteiger partial charge < -0.3 is 19.7 Å². The summed E-state index contributed by atoms with van der Waals surface area (Å²) in [5, 5.41) is 3.91. The second-order valence-corrected chi connectivity index (χ2v) is 9.74. The van der Waals surface area contributed by atoms with Gasteiger partial charge in [0.05, 0.1) is 11.9 Å². The largest absolute Gasteiger partial charge is 0.377 e. The van der Waals surface area contributed by atoms with Crippen molar-refractivity contribution >= 4 is 15.9 Å². The van der Waals surface area contributed by atoms with E-state index in [1.807, 2.05) is 14.2 Å². The Morgan fingerprint density at radius 3 is 2.67 bits per heavy atom. The molecule has 0 aromatic rings. The molecule has 1 N–H and O–H groups in total. The third kappa shape index (κ3) is 2.41. The Kier molecular flexibility index (Phi) is 4.16. The summed E-state index contributed by atoms with van der Waals surface area (Å²) in [6, 6.07) is 0.561. The predicted molar refractivity (Wildman–Crippen MR) is 110 cm³/mol. The molecular weight excluding hydrogens is 404 g/mol. The van der Waals surface area contributed by atoms with Gasteiger partial charge in [-0.25, -0.2) is 0 Å². The Morgan fingerprint density at radius 1 is 1.22 bits per heavy atom. The molecule has 0 radical (unpaired) electrons. The average molecular weight is 433 g/mol. The van der Waals surface area contributed by atoms with Crippen LogP contribution >= 0.6 is 15.9 Å². The Balaban J connectivity index is 1.67. The Bertz CT molecular complexity index is 768. The highest BCUT2D eigenvalue weighted by Gasteiger charge is 2.67. The smallest absolute Gasteiger partial charge is 0.159 e. The summed E-state index contributed by atoms with van der Waals surface area (Å²) in [5.41, 5.74) is 2.75. The molecule has 2 fully saturated rings. The van der Waals surface area contributed by atoms with E-state index in [2.05, 4.69) is 51.0 Å². The Morgan fingerprint density at radius 2 is 2.04 bits per heavy atom. The number of hydrogen-bond acceptors (Lipinski definition) is 4. The third-order valence-electron chi connectivity index (χ3n) is 7.33. The van der Waals surface area contributed by atoms with Crippen LogP contribution in [0.15, 0.2) is 46.3 Å². The molecule has 5 heteroatoms. The monoisotopic (exact) mass is 432 g/mol. The SMILES string of the molecule is C=C1NC2(C3=C(CCC(Br)=C3)CC23C=CC(OC)CC3)C(OC)N1C1CC1. The van der Waals surface area contributed by atoms with Crippen LogP contribution in [0, 0.1) is 5.41 Å². The molecule has 1 saturated heterocycles. The molecule has 4 atom stereocenters. The molecule has 1 heterocycles. The van der Waals surface area contributed by atoms with Crippen molar-refractivity contribution in [2.45, 2.75) is 68.9 Å². The van der Waals surface area contributed by atoms with E-state index in [0.29, 0.717) is 6.04 Å². The molecule has 146 valence electrons. The molecule has 5 rings (SSSR count). The van der Waals surface area contributed by atoms with Crippen LogP contribution < -0.4 is 5.32 Å². The van der Waals surface area contributed by atoms with Crippen molar-refractivity contribution in [3.63, 3.8) is 0 Å². The molecule has 1 aliphatic heterocycles. The molecule has 0 aromatic heterocycles. The number of methoxy groups -OCH3 is 2. The Labute approximate surface area is 170 Å². The van der Waals surface area contributed by atoms with Gasteiger partial charge in [0.1, 0.15) is 5.54 Å². The van der Waals surface area contributed by atoms with Gasteiger partial charge in [-0.05, 0) is 61.1 Å². The number of rotatable bonds is 3. The molecular formula is C22H29BrN2O2. The summed E-state index contributed by atoms with van der Waals surface area (Å²) in [7, 11) is 3.67. The third-order valence-corrected chi connectivity index (χ3v) is 7.96. The molecule has 5 aliphatic rings. The normalized spacial score (nSPS) is 40.8. The van der Waals surface area contributed by atoms with Crippen molar-refractivity contribution in [2.24, 2.45) is 5.41 Å². The molecule has 4 nitrogen and oxygen atoms in total. The summed E-state index contributed by atoms with van der Waals surface area (Å²) in [4.78, 5) is 2.42. The fraction of sp³-hybridized carbons (Fsp3) is 0.636. The fourth-order valence-electron chi connectivity index (χ4n) is 5.97. The van der Waals surface area contributed by atoms with Gasteiger partial charge >= 0.3 is 0 Å². The minimum Gasteiger partial charge on any atom is -0.377 e. The molecule has 0 aromatic carbocycles. The van der Waals surface area contributed by atoms with Crippen LogP contribution in [0.5, 0.6) is 0 Å². The number of ether oxygens (including phenoxy) is 2. The van der Waals surface area contributed by atoms with Gasteiger partial charge in [-0.3, -0.25) is 0 Å². The first kappa shape index (κ1) is 18.0. The van der Waals surface area contributed by atoms with E-state index in [0.717, 1.165) is 37.9 Å². The van der Waals surface area contributed by atoms with Gasteiger partial charge in [-0.2, -0.15) is 0 Å². The molecule has 4 aliphatic carbocycles. The molecule has 0 amide bonds. The zero-order valence-corrected chi connectivity index (χ0v) is 17.8. The maximum Gasteiger partial charge on any atom is 0.159 e. The number of fused-ring (bicyclic) bond motifs is 2. The van der Waals surface area contributed by atoms with E-state index >= 15 is 0 Å². The van der Waals surface area contributed by atoms with Crippen molar-refractivity contribution in [1.82, 2.24) is 10.2 Å². The second-order valence-electron chi connectivity index (χ2n) is 8.72. The van der Waals surface area contributed by atoms with Crippen molar-refractivity contribution in [1.29, 1.82) is 0 Å². The zero-order chi connectivity index (χ0) is 18.8. The molecule has 4 unspecified atom stereocenters. The fourth-order valence-corrected chi connectivity index (χ4v) is 6.40. The van der Waals surface area contributed by atoms with Crippen LogP contribution in [-0.2, 0) is 9.47 Å². The highest BCUT2D eigenvalue weighted by Crippen LogP contribution is 2.63. The molecule has 0 bridgehead atoms. The standard InChI is InChI=1S/C22H29BrN2O2/c1-14-24-22(20(27-3)25(14)17-6-7-17)19-12-16(23)5-4-15(19)13-21(22)10-8-18(26-2)9-11-21/h8,10,12,17-18,20,24H,1,4-7,9,11,13H2,2-3H3. The van der Waals surface area contributed by atoms with Crippen LogP contribution in [-0.4, -0.2) is 43.0 Å². The van der Waals surface area contributed by atoms with Crippen LogP contribution in [0.4, 0.5) is 0 Å². The summed E-state index contributed by atoms with van der Waals surface area (Å²) >= 11 is 3.79. The van der Waals surface area contributed by atoms with Gasteiger partial charge in [0.15, 0.2) is 6.23 Å². The summed E-state index contributed by atoms with van der Waals surface area (Å²) < 4.78 is 13.2. The topological polar surface area (TPSA) is 33.7 Å². The first-order valence-corrected chi connectivity index (χ1v) is 10.9. The minimum atomic E-state index is -0.272. The van der Waals surface area contributed by atoms with Crippen LogP contribution in [0.3, 0.4) is 0 Å². The van der Waals surface area contributed by atoms with Gasteiger partial charge in [0.2, 0.25) is 0 Å². The lowest BCUT2D eigenvalue weighted by molar-refractivity contribution is -0.0618. The first-order chi connectivity index (χ1) is 13.0. The highest BCUT2D eigenvalue weighted by atomic mass is 79.9. The highest BCUT2D eigenvalue weighted by molar-refractivity contribution is 9.11. The number of hydrogen-bond donors (Lipinski definition) is 1. The van der Waals surface area contributed by atoms with Gasteiger partial charge in [-0.1, -0.05) is 40.2 Å². The number of allylic oxidation sites excluding steroid dienone is 2. The minimum absolute atomic E-state index is 0.00801. The number of nitrogens with one attached hydrogen (secondary N) is 1. The summed E-state index contributed by atoms with van der Waals surface area (Å²) in [6.45, 7) is 4.41. The van der Waals surface area contributed by atoms with Crippen molar-refractivity contribution < 1.29 is 9.47 Å². The van der Waals surface area contributed by atoms with E-state index in [-0.39, 0.29) is 23.3 Å². The molecule has 1 saturated carbocycles. The van der Waals surface area contributed by atoms with E-state index in [1.54, 1.807) is 5.57 Å². The summed E-state index contributed by atoms with van der Waals surface area (Å²) in [5.74, 6) is 1.02. The van der Waals surface area contributed by atoms with Gasteiger partial charge in [0, 0.05) is 25.7 Å². The number of halogens is 1. The maximum atomic E-state index is 6.26. The van der Waals surface area contributed by atoms with E-state index in [1.165, 1.54) is 22.9 Å². The Hall–Kier alpha value is -1.04. The quantitative estimate of drug-likeness (QED) is 0.671. The lowest BCUT2D eigenvalue weighted by Crippen LogP contribution is -2.61. The lowest BCUT2D eigenvalue weighted by atomic mass is 9.63. The number of nitrogens with zero attached hydrogens (tertiary/aromatic N) is 1. The van der Waals surface area contributed by atoms with E-state index in [9.17, 15) is 0 Å². The van der Waals surface area contributed by atoms with E-state index < -0.39 is 0 Å². The van der Waals surface area contributed by atoms with Crippen LogP contribution in [0.25, 0.3) is 0 Å². The van der Waals surface area contributed by atoms with E-state index in [4.69, 9.17) is 9.47 Å². The maximum absolute atomic E-state index is 6.26. The molecule has 2 spiro atoms. The first-order valence-electron chi connectivity index (χ1n) is 10.1. The summed E-state index contributed by atoms with van der Waals surface area (Å²) in [6.07, 6.45) is 15.2.